The molecule has 0 spiro atoms. The summed E-state index contributed by atoms with van der Waals surface area (Å²) in [7, 11) is -1.96. The second-order valence-corrected chi connectivity index (χ2v) is 10.4. The largest absolute Gasteiger partial charge is 0.369 e. The summed E-state index contributed by atoms with van der Waals surface area (Å²) in [5, 5.41) is 0.463. The second kappa shape index (κ2) is 9.26. The van der Waals surface area contributed by atoms with Gasteiger partial charge in [-0.3, -0.25) is 9.62 Å². The van der Waals surface area contributed by atoms with Crippen LogP contribution in [0.3, 0.4) is 0 Å². The number of halogens is 3. The zero-order valence-corrected chi connectivity index (χ0v) is 19.4. The van der Waals surface area contributed by atoms with Crippen molar-refractivity contribution in [2.75, 3.05) is 29.8 Å². The predicted octanol–water partition coefficient (Wildman–Crippen LogP) is 3.98. The van der Waals surface area contributed by atoms with Gasteiger partial charge in [-0.1, -0.05) is 11.6 Å². The Kier molecular flexibility index (Phi) is 6.61. The fourth-order valence-electron chi connectivity index (χ4n) is 3.71. The molecule has 1 atom stereocenters. The van der Waals surface area contributed by atoms with E-state index in [2.05, 4.69) is 19.0 Å². The third-order valence-corrected chi connectivity index (χ3v) is 7.74. The van der Waals surface area contributed by atoms with Gasteiger partial charge in [0.05, 0.1) is 15.6 Å². The Labute approximate surface area is 193 Å². The highest BCUT2D eigenvalue weighted by molar-refractivity contribution is 7.93. The minimum atomic E-state index is -3.84. The van der Waals surface area contributed by atoms with Gasteiger partial charge in [-0.15, -0.1) is 0 Å². The molecule has 0 saturated carbocycles. The van der Waals surface area contributed by atoms with Crippen molar-refractivity contribution < 1.29 is 17.2 Å². The van der Waals surface area contributed by atoms with Crippen LogP contribution in [0.1, 0.15) is 12.0 Å². The minimum Gasteiger partial charge on any atom is -0.369 e. The molecule has 1 saturated heterocycles. The molecule has 7 nitrogen and oxygen atoms in total. The van der Waals surface area contributed by atoms with Crippen molar-refractivity contribution in [2.24, 2.45) is 0 Å². The van der Waals surface area contributed by atoms with Crippen molar-refractivity contribution in [3.8, 4) is 0 Å². The molecule has 0 unspecified atom stereocenters. The fourth-order valence-corrected chi connectivity index (χ4v) is 5.77. The van der Waals surface area contributed by atoms with E-state index in [0.717, 1.165) is 36.6 Å². The zero-order valence-electron chi connectivity index (χ0n) is 17.0. The molecule has 4 rings (SSSR count). The van der Waals surface area contributed by atoms with Crippen LogP contribution < -0.4 is 9.62 Å². The van der Waals surface area contributed by atoms with Crippen LogP contribution in [-0.2, 0) is 16.6 Å². The summed E-state index contributed by atoms with van der Waals surface area (Å²) in [5.41, 5.74) is 1.01. The molecule has 1 aromatic heterocycles. The molecule has 0 radical (unpaired) electrons. The smallest absolute Gasteiger partial charge is 0.263 e. The molecule has 1 N–H and O–H groups in total. The highest BCUT2D eigenvalue weighted by Crippen LogP contribution is 2.32. The summed E-state index contributed by atoms with van der Waals surface area (Å²) in [6.45, 7) is 1.68. The quantitative estimate of drug-likeness (QED) is 0.530. The normalized spacial score (nSPS) is 16.9. The van der Waals surface area contributed by atoms with Crippen molar-refractivity contribution >= 4 is 44.0 Å². The summed E-state index contributed by atoms with van der Waals surface area (Å²) in [5.74, 6) is -0.887. The third kappa shape index (κ3) is 5.01. The summed E-state index contributed by atoms with van der Waals surface area (Å²) in [4.78, 5) is 7.88. The molecule has 1 aliphatic heterocycles. The van der Waals surface area contributed by atoms with Crippen LogP contribution in [0.15, 0.2) is 47.6 Å². The molecule has 2 aromatic carbocycles. The first-order valence-corrected chi connectivity index (χ1v) is 12.3. The number of rotatable bonds is 7. The first kappa shape index (κ1) is 22.8. The molecule has 170 valence electrons. The SMILES string of the molecule is CN(c1ccc(S(=O)(=O)Nc2ncns2)cc1Cl)[C@H]1CCN(Cc2cc(F)ccc2F)C1. The Morgan fingerprint density at radius 1 is 1.28 bits per heavy atom. The van der Waals surface area contributed by atoms with Crippen LogP contribution in [0.4, 0.5) is 19.6 Å². The third-order valence-electron chi connectivity index (χ3n) is 5.39. The maximum absolute atomic E-state index is 14.0. The van der Waals surface area contributed by atoms with E-state index in [-0.39, 0.29) is 16.1 Å². The first-order chi connectivity index (χ1) is 15.2. The fraction of sp³-hybridized carbons (Fsp3) is 0.300. The van der Waals surface area contributed by atoms with Crippen LogP contribution in [-0.4, -0.2) is 48.9 Å². The number of hydrogen-bond donors (Lipinski definition) is 1. The molecule has 3 aromatic rings. The van der Waals surface area contributed by atoms with Crippen LogP contribution >= 0.6 is 23.1 Å². The molecule has 2 heterocycles. The van der Waals surface area contributed by atoms with Gasteiger partial charge < -0.3 is 4.90 Å². The molecule has 0 amide bonds. The lowest BCUT2D eigenvalue weighted by Crippen LogP contribution is -2.34. The first-order valence-electron chi connectivity index (χ1n) is 9.71. The van der Waals surface area contributed by atoms with Gasteiger partial charge >= 0.3 is 0 Å². The number of nitrogens with zero attached hydrogens (tertiary/aromatic N) is 4. The van der Waals surface area contributed by atoms with Gasteiger partial charge in [-0.2, -0.15) is 4.37 Å². The molecule has 12 heteroatoms. The monoisotopic (exact) mass is 499 g/mol. The standard InChI is InChI=1S/C20H20ClF2N5O2S2/c1-27(15-6-7-28(11-15)10-13-8-14(22)2-4-18(13)23)19-5-3-16(9-17(19)21)32(29,30)26-20-24-12-25-31-20/h2-5,8-9,12,15H,6-7,10-11H2,1H3,(H,24,25,26)/t15-/m0/s1. The van der Waals surface area contributed by atoms with Gasteiger partial charge in [0.2, 0.25) is 5.13 Å². The zero-order chi connectivity index (χ0) is 22.9. The lowest BCUT2D eigenvalue weighted by Gasteiger charge is -2.28. The summed E-state index contributed by atoms with van der Waals surface area (Å²) in [6, 6.07) is 8.09. The average molecular weight is 500 g/mol. The molecular weight excluding hydrogens is 480 g/mol. The van der Waals surface area contributed by atoms with Crippen molar-refractivity contribution in [2.45, 2.75) is 23.9 Å². The van der Waals surface area contributed by atoms with E-state index in [4.69, 9.17) is 11.6 Å². The maximum Gasteiger partial charge on any atom is 0.263 e. The van der Waals surface area contributed by atoms with Gasteiger partial charge in [0.15, 0.2) is 0 Å². The van der Waals surface area contributed by atoms with Gasteiger partial charge in [0, 0.05) is 49.8 Å². The van der Waals surface area contributed by atoms with Crippen molar-refractivity contribution in [1.82, 2.24) is 14.3 Å². The van der Waals surface area contributed by atoms with Crippen LogP contribution in [0, 0.1) is 11.6 Å². The molecule has 0 aliphatic carbocycles. The maximum atomic E-state index is 14.0. The lowest BCUT2D eigenvalue weighted by atomic mass is 10.2. The minimum absolute atomic E-state index is 0.0180. The number of likely N-dealkylation sites (N-methyl/N-ethyl adjacent to an activating group) is 1. The van der Waals surface area contributed by atoms with Crippen LogP contribution in [0.2, 0.25) is 5.02 Å². The van der Waals surface area contributed by atoms with Crippen molar-refractivity contribution in [3.63, 3.8) is 0 Å². The van der Waals surface area contributed by atoms with Gasteiger partial charge in [-0.25, -0.2) is 22.2 Å². The summed E-state index contributed by atoms with van der Waals surface area (Å²) in [6.07, 6.45) is 2.07. The molecule has 32 heavy (non-hydrogen) atoms. The van der Waals surface area contributed by atoms with E-state index in [1.54, 1.807) is 6.07 Å². The van der Waals surface area contributed by atoms with Gasteiger partial charge in [0.1, 0.15) is 18.0 Å². The number of likely N-dealkylation sites (tertiary alicyclic amines) is 1. The highest BCUT2D eigenvalue weighted by atomic mass is 35.5. The second-order valence-electron chi connectivity index (χ2n) is 7.49. The lowest BCUT2D eigenvalue weighted by molar-refractivity contribution is 0.319. The summed E-state index contributed by atoms with van der Waals surface area (Å²) < 4.78 is 58.6. The molecule has 1 aliphatic rings. The number of sulfonamides is 1. The van der Waals surface area contributed by atoms with Crippen molar-refractivity contribution in [3.05, 3.63) is 64.9 Å². The van der Waals surface area contributed by atoms with E-state index in [1.807, 2.05) is 11.9 Å². The summed E-state index contributed by atoms with van der Waals surface area (Å²) >= 11 is 7.37. The highest BCUT2D eigenvalue weighted by Gasteiger charge is 2.28. The van der Waals surface area contributed by atoms with E-state index in [9.17, 15) is 17.2 Å². The number of anilines is 2. The van der Waals surface area contributed by atoms with Crippen LogP contribution in [0.5, 0.6) is 0 Å². The van der Waals surface area contributed by atoms with E-state index in [0.29, 0.717) is 29.4 Å². The Balaban J connectivity index is 1.44. The number of hydrogen-bond acceptors (Lipinski definition) is 7. The topological polar surface area (TPSA) is 78.4 Å². The number of aromatic nitrogens is 2. The van der Waals surface area contributed by atoms with E-state index < -0.39 is 21.7 Å². The Hall–Kier alpha value is -2.34. The number of nitrogens with one attached hydrogen (secondary N) is 1. The Morgan fingerprint density at radius 2 is 2.09 bits per heavy atom. The van der Waals surface area contributed by atoms with E-state index >= 15 is 0 Å². The van der Waals surface area contributed by atoms with Gasteiger partial charge in [-0.05, 0) is 42.8 Å². The molecule has 1 fully saturated rings. The predicted molar refractivity (Wildman–Crippen MR) is 121 cm³/mol. The Morgan fingerprint density at radius 3 is 2.81 bits per heavy atom. The molecular formula is C20H20ClF2N5O2S2. The van der Waals surface area contributed by atoms with Crippen molar-refractivity contribution in [1.29, 1.82) is 0 Å². The van der Waals surface area contributed by atoms with E-state index in [1.165, 1.54) is 24.5 Å². The van der Waals surface area contributed by atoms with Gasteiger partial charge in [0.25, 0.3) is 10.0 Å². The molecule has 0 bridgehead atoms. The van der Waals surface area contributed by atoms with Crippen LogP contribution in [0.25, 0.3) is 0 Å². The Bertz CT molecular complexity index is 1210. The average Bonchev–Trinajstić information content (AvgIpc) is 3.42. The number of benzene rings is 2.